The fraction of sp³-hybridized carbons (Fsp3) is 0.412. The molecule has 1 aromatic carbocycles. The van der Waals surface area contributed by atoms with E-state index in [0.29, 0.717) is 12.8 Å². The number of carboxylic acid groups (broad SMARTS) is 1. The van der Waals surface area contributed by atoms with E-state index in [1.807, 2.05) is 26.0 Å². The van der Waals surface area contributed by atoms with Crippen LogP contribution in [-0.4, -0.2) is 23.5 Å². The van der Waals surface area contributed by atoms with Crippen molar-refractivity contribution in [3.63, 3.8) is 0 Å². The molecule has 0 spiro atoms. The first-order valence-corrected chi connectivity index (χ1v) is 7.39. The largest absolute Gasteiger partial charge is 0.481 e. The number of amides is 1. The molecule has 0 saturated heterocycles. The molecule has 3 rings (SSSR count). The van der Waals surface area contributed by atoms with E-state index in [9.17, 15) is 9.59 Å². The van der Waals surface area contributed by atoms with Gasteiger partial charge in [0.2, 0.25) is 5.91 Å². The summed E-state index contributed by atoms with van der Waals surface area (Å²) in [6, 6.07) is 3.99. The molecule has 2 N–H and O–H groups in total. The second-order valence-corrected chi connectivity index (χ2v) is 6.23. The number of benzene rings is 1. The van der Waals surface area contributed by atoms with Gasteiger partial charge in [-0.15, -0.1) is 0 Å². The summed E-state index contributed by atoms with van der Waals surface area (Å²) in [5, 5.41) is 12.8. The van der Waals surface area contributed by atoms with Crippen LogP contribution in [0.3, 0.4) is 0 Å². The third-order valence-corrected chi connectivity index (χ3v) is 4.55. The Morgan fingerprint density at radius 3 is 2.59 bits per heavy atom. The molecule has 0 radical (unpaired) electrons. The molecule has 0 aliphatic heterocycles. The van der Waals surface area contributed by atoms with E-state index in [2.05, 4.69) is 5.32 Å². The first kappa shape index (κ1) is 14.6. The van der Waals surface area contributed by atoms with E-state index < -0.39 is 11.4 Å². The summed E-state index contributed by atoms with van der Waals surface area (Å²) in [5.41, 5.74) is 3.17. The number of fused-ring (bicyclic) bond motifs is 1. The van der Waals surface area contributed by atoms with Crippen molar-refractivity contribution in [1.82, 2.24) is 5.32 Å². The standard InChI is InChI=1S/C17H19NO4/c1-10-5-13-12(8-22-14(13)6-11(10)2)7-15(19)18-9-17(3-4-17)16(20)21/h5-6,8H,3-4,7,9H2,1-2H3,(H,18,19)(H,20,21). The molecular formula is C17H19NO4. The number of hydrogen-bond donors (Lipinski definition) is 2. The number of nitrogens with one attached hydrogen (secondary N) is 1. The number of carbonyl (C=O) groups is 2. The summed E-state index contributed by atoms with van der Waals surface area (Å²) in [5.74, 6) is -0.999. The molecule has 2 aromatic rings. The highest BCUT2D eigenvalue weighted by Crippen LogP contribution is 2.45. The van der Waals surface area contributed by atoms with E-state index >= 15 is 0 Å². The van der Waals surface area contributed by atoms with Gasteiger partial charge in [-0.1, -0.05) is 0 Å². The fourth-order valence-electron chi connectivity index (χ4n) is 2.59. The van der Waals surface area contributed by atoms with Gasteiger partial charge in [-0.3, -0.25) is 9.59 Å². The van der Waals surface area contributed by atoms with Gasteiger partial charge in [0.1, 0.15) is 5.58 Å². The molecule has 0 unspecified atom stereocenters. The summed E-state index contributed by atoms with van der Waals surface area (Å²) >= 11 is 0. The lowest BCUT2D eigenvalue weighted by molar-refractivity contribution is -0.143. The molecule has 5 heteroatoms. The Morgan fingerprint density at radius 2 is 1.95 bits per heavy atom. The van der Waals surface area contributed by atoms with Crippen LogP contribution in [0.25, 0.3) is 11.0 Å². The number of aryl methyl sites for hydroxylation is 2. The van der Waals surface area contributed by atoms with Crippen molar-refractivity contribution < 1.29 is 19.1 Å². The molecule has 1 heterocycles. The average Bonchev–Trinajstić information content (AvgIpc) is 3.18. The van der Waals surface area contributed by atoms with Crippen LogP contribution in [-0.2, 0) is 16.0 Å². The minimum Gasteiger partial charge on any atom is -0.481 e. The molecule has 22 heavy (non-hydrogen) atoms. The van der Waals surface area contributed by atoms with Gasteiger partial charge in [-0.25, -0.2) is 0 Å². The third-order valence-electron chi connectivity index (χ3n) is 4.55. The quantitative estimate of drug-likeness (QED) is 0.889. The maximum Gasteiger partial charge on any atom is 0.311 e. The Hall–Kier alpha value is -2.30. The molecular weight excluding hydrogens is 282 g/mol. The number of aliphatic carboxylic acids is 1. The van der Waals surface area contributed by atoms with Gasteiger partial charge in [-0.2, -0.15) is 0 Å². The zero-order chi connectivity index (χ0) is 15.9. The minimum atomic E-state index is -0.826. The lowest BCUT2D eigenvalue weighted by atomic mass is 10.0. The molecule has 1 fully saturated rings. The summed E-state index contributed by atoms with van der Waals surface area (Å²) in [6.07, 6.45) is 3.07. The second-order valence-electron chi connectivity index (χ2n) is 6.23. The van der Waals surface area contributed by atoms with Gasteiger partial charge in [0.05, 0.1) is 18.1 Å². The van der Waals surface area contributed by atoms with Gasteiger partial charge >= 0.3 is 5.97 Å². The monoisotopic (exact) mass is 301 g/mol. The van der Waals surface area contributed by atoms with E-state index in [1.165, 1.54) is 0 Å². The van der Waals surface area contributed by atoms with Gasteiger partial charge < -0.3 is 14.8 Å². The number of hydrogen-bond acceptors (Lipinski definition) is 3. The maximum absolute atomic E-state index is 12.1. The number of rotatable bonds is 5. The van der Waals surface area contributed by atoms with Crippen molar-refractivity contribution in [1.29, 1.82) is 0 Å². The number of carbonyl (C=O) groups excluding carboxylic acids is 1. The maximum atomic E-state index is 12.1. The van der Waals surface area contributed by atoms with Crippen LogP contribution in [0.2, 0.25) is 0 Å². The second kappa shape index (κ2) is 5.16. The lowest BCUT2D eigenvalue weighted by Gasteiger charge is -2.10. The number of carboxylic acids is 1. The van der Waals surface area contributed by atoms with E-state index in [4.69, 9.17) is 9.52 Å². The highest BCUT2D eigenvalue weighted by atomic mass is 16.4. The van der Waals surface area contributed by atoms with Crippen LogP contribution in [0.15, 0.2) is 22.8 Å². The molecule has 116 valence electrons. The van der Waals surface area contributed by atoms with Gasteiger partial charge in [0.15, 0.2) is 0 Å². The predicted molar refractivity (Wildman–Crippen MR) is 81.7 cm³/mol. The first-order chi connectivity index (χ1) is 10.4. The van der Waals surface area contributed by atoms with Crippen molar-refractivity contribution in [2.24, 2.45) is 5.41 Å². The van der Waals surface area contributed by atoms with E-state index in [0.717, 1.165) is 27.7 Å². The van der Waals surface area contributed by atoms with Gasteiger partial charge in [0.25, 0.3) is 0 Å². The van der Waals surface area contributed by atoms with Crippen LogP contribution in [0.1, 0.15) is 29.5 Å². The Kier molecular flexibility index (Phi) is 3.43. The Bertz CT molecular complexity index is 755. The molecule has 1 aliphatic rings. The van der Waals surface area contributed by atoms with Crippen LogP contribution >= 0.6 is 0 Å². The van der Waals surface area contributed by atoms with Crippen LogP contribution < -0.4 is 5.32 Å². The highest BCUT2D eigenvalue weighted by molar-refractivity contribution is 5.89. The Balaban J connectivity index is 1.69. The zero-order valence-electron chi connectivity index (χ0n) is 12.7. The summed E-state index contributed by atoms with van der Waals surface area (Å²) in [7, 11) is 0. The normalized spacial score (nSPS) is 15.7. The zero-order valence-corrected chi connectivity index (χ0v) is 12.7. The Labute approximate surface area is 128 Å². The summed E-state index contributed by atoms with van der Waals surface area (Å²) < 4.78 is 5.51. The third kappa shape index (κ3) is 2.58. The van der Waals surface area contributed by atoms with Crippen molar-refractivity contribution in [2.75, 3.05) is 6.54 Å². The molecule has 5 nitrogen and oxygen atoms in total. The lowest BCUT2D eigenvalue weighted by Crippen LogP contribution is -2.35. The van der Waals surface area contributed by atoms with Crippen molar-refractivity contribution in [3.8, 4) is 0 Å². The topological polar surface area (TPSA) is 79.5 Å². The smallest absolute Gasteiger partial charge is 0.311 e. The van der Waals surface area contributed by atoms with Gasteiger partial charge in [-0.05, 0) is 49.9 Å². The number of furan rings is 1. The highest BCUT2D eigenvalue weighted by Gasteiger charge is 2.50. The molecule has 1 aromatic heterocycles. The molecule has 0 bridgehead atoms. The molecule has 0 atom stereocenters. The SMILES string of the molecule is Cc1cc2occ(CC(=O)NCC3(C(=O)O)CC3)c2cc1C. The first-order valence-electron chi connectivity index (χ1n) is 7.39. The van der Waals surface area contributed by atoms with Crippen LogP contribution in [0.5, 0.6) is 0 Å². The molecule has 1 aliphatic carbocycles. The van der Waals surface area contributed by atoms with E-state index in [-0.39, 0.29) is 18.9 Å². The predicted octanol–water partition coefficient (Wildman–Crippen LogP) is 2.57. The fourth-order valence-corrected chi connectivity index (χ4v) is 2.59. The van der Waals surface area contributed by atoms with Crippen LogP contribution in [0, 0.1) is 19.3 Å². The molecule has 1 saturated carbocycles. The van der Waals surface area contributed by atoms with Crippen molar-refractivity contribution in [2.45, 2.75) is 33.1 Å². The minimum absolute atomic E-state index is 0.173. The average molecular weight is 301 g/mol. The summed E-state index contributed by atoms with van der Waals surface area (Å²) in [6.45, 7) is 4.25. The van der Waals surface area contributed by atoms with Crippen LogP contribution in [0.4, 0.5) is 0 Å². The van der Waals surface area contributed by atoms with Crippen molar-refractivity contribution in [3.05, 3.63) is 35.1 Å². The Morgan fingerprint density at radius 1 is 1.27 bits per heavy atom. The van der Waals surface area contributed by atoms with Gasteiger partial charge in [0, 0.05) is 17.5 Å². The van der Waals surface area contributed by atoms with E-state index in [1.54, 1.807) is 6.26 Å². The molecule has 1 amide bonds. The van der Waals surface area contributed by atoms with Crippen molar-refractivity contribution >= 4 is 22.8 Å². The summed E-state index contributed by atoms with van der Waals surface area (Å²) in [4.78, 5) is 23.1.